The Bertz CT molecular complexity index is 982. The second-order valence-corrected chi connectivity index (χ2v) is 7.85. The molecule has 0 amide bonds. The molecule has 1 N–H and O–H groups in total. The summed E-state index contributed by atoms with van der Waals surface area (Å²) in [7, 11) is 0. The molecule has 3 heterocycles. The second kappa shape index (κ2) is 7.33. The number of aromatic nitrogens is 4. The first-order valence-corrected chi connectivity index (χ1v) is 9.55. The SMILES string of the molecule is O=c1onc(-c2nonc2S[C@H]2CCCNC2)n1-c1ccc(F)c(Br)c1. The highest BCUT2D eigenvalue weighted by Crippen LogP contribution is 2.33. The maximum atomic E-state index is 13.5. The molecule has 136 valence electrons. The maximum Gasteiger partial charge on any atom is 0.446 e. The van der Waals surface area contributed by atoms with E-state index in [1.807, 2.05) is 0 Å². The van der Waals surface area contributed by atoms with Crippen LogP contribution in [0.1, 0.15) is 12.8 Å². The molecular formula is C15H13BrFN5O3S. The third-order valence-electron chi connectivity index (χ3n) is 3.97. The van der Waals surface area contributed by atoms with Crippen LogP contribution in [0.4, 0.5) is 4.39 Å². The van der Waals surface area contributed by atoms with Crippen molar-refractivity contribution >= 4 is 27.7 Å². The molecule has 0 aliphatic carbocycles. The summed E-state index contributed by atoms with van der Waals surface area (Å²) in [5, 5.41) is 15.8. The summed E-state index contributed by atoms with van der Waals surface area (Å²) in [6, 6.07) is 4.16. The highest BCUT2D eigenvalue weighted by molar-refractivity contribution is 9.10. The van der Waals surface area contributed by atoms with Crippen LogP contribution in [0.25, 0.3) is 17.2 Å². The maximum absolute atomic E-state index is 13.5. The molecule has 26 heavy (non-hydrogen) atoms. The van der Waals surface area contributed by atoms with Gasteiger partial charge >= 0.3 is 5.76 Å². The summed E-state index contributed by atoms with van der Waals surface area (Å²) in [6.07, 6.45) is 2.12. The van der Waals surface area contributed by atoms with E-state index in [0.29, 0.717) is 21.7 Å². The van der Waals surface area contributed by atoms with E-state index < -0.39 is 11.6 Å². The lowest BCUT2D eigenvalue weighted by Gasteiger charge is -2.20. The van der Waals surface area contributed by atoms with Crippen LogP contribution in [0.5, 0.6) is 0 Å². The smallest absolute Gasteiger partial charge is 0.316 e. The molecule has 8 nitrogen and oxygen atoms in total. The van der Waals surface area contributed by atoms with Gasteiger partial charge in [0.1, 0.15) is 5.82 Å². The van der Waals surface area contributed by atoms with Gasteiger partial charge in [0.15, 0.2) is 10.7 Å². The number of rotatable bonds is 4. The number of nitrogens with one attached hydrogen (secondary N) is 1. The first kappa shape index (κ1) is 17.4. The normalized spacial score (nSPS) is 17.5. The molecule has 0 spiro atoms. The molecule has 1 aromatic carbocycles. The first-order valence-electron chi connectivity index (χ1n) is 7.88. The molecule has 0 radical (unpaired) electrons. The number of piperidine rings is 1. The molecule has 1 saturated heterocycles. The van der Waals surface area contributed by atoms with E-state index in [1.54, 1.807) is 0 Å². The summed E-state index contributed by atoms with van der Waals surface area (Å²) in [5.74, 6) is -0.998. The van der Waals surface area contributed by atoms with E-state index in [1.165, 1.54) is 34.5 Å². The summed E-state index contributed by atoms with van der Waals surface area (Å²) >= 11 is 4.63. The highest BCUT2D eigenvalue weighted by atomic mass is 79.9. The van der Waals surface area contributed by atoms with Crippen molar-refractivity contribution in [2.75, 3.05) is 13.1 Å². The molecule has 3 aromatic rings. The average molecular weight is 442 g/mol. The molecule has 1 aliphatic heterocycles. The van der Waals surface area contributed by atoms with Gasteiger partial charge in [-0.2, -0.15) is 0 Å². The standard InChI is InChI=1S/C15H13BrFN5O3S/c16-10-6-8(3-4-11(10)17)22-13(20-24-15(22)23)12-14(21-25-19-12)26-9-2-1-5-18-7-9/h3-4,6,9,18H,1-2,5,7H2/t9-/m0/s1. The van der Waals surface area contributed by atoms with Crippen LogP contribution >= 0.6 is 27.7 Å². The lowest BCUT2D eigenvalue weighted by Crippen LogP contribution is -2.31. The molecule has 4 rings (SSSR count). The topological polar surface area (TPSA) is 99.0 Å². The Morgan fingerprint density at radius 3 is 3.00 bits per heavy atom. The van der Waals surface area contributed by atoms with Gasteiger partial charge in [0, 0.05) is 11.8 Å². The van der Waals surface area contributed by atoms with Crippen molar-refractivity contribution < 1.29 is 13.5 Å². The molecule has 2 aromatic heterocycles. The summed E-state index contributed by atoms with van der Waals surface area (Å²) in [4.78, 5) is 12.2. The molecule has 0 bridgehead atoms. The Morgan fingerprint density at radius 1 is 1.35 bits per heavy atom. The van der Waals surface area contributed by atoms with Crippen LogP contribution in [0.2, 0.25) is 0 Å². The molecule has 1 aliphatic rings. The minimum Gasteiger partial charge on any atom is -0.316 e. The van der Waals surface area contributed by atoms with Crippen molar-refractivity contribution in [2.45, 2.75) is 23.1 Å². The first-order chi connectivity index (χ1) is 12.6. The molecular weight excluding hydrogens is 429 g/mol. The number of halogens is 2. The number of benzene rings is 1. The fourth-order valence-electron chi connectivity index (χ4n) is 2.72. The lowest BCUT2D eigenvalue weighted by atomic mass is 10.2. The van der Waals surface area contributed by atoms with E-state index in [4.69, 9.17) is 9.15 Å². The van der Waals surface area contributed by atoms with Crippen LogP contribution in [0.15, 0.2) is 41.6 Å². The van der Waals surface area contributed by atoms with E-state index in [-0.39, 0.29) is 10.3 Å². The Hall–Kier alpha value is -1.98. The van der Waals surface area contributed by atoms with E-state index in [9.17, 15) is 9.18 Å². The second-order valence-electron chi connectivity index (χ2n) is 5.71. The Kier molecular flexibility index (Phi) is 4.92. The van der Waals surface area contributed by atoms with Gasteiger partial charge in [-0.05, 0) is 63.8 Å². The number of hydrogen-bond donors (Lipinski definition) is 1. The van der Waals surface area contributed by atoms with Gasteiger partial charge in [0.25, 0.3) is 0 Å². The summed E-state index contributed by atoms with van der Waals surface area (Å²) in [6.45, 7) is 1.86. The Morgan fingerprint density at radius 2 is 2.23 bits per heavy atom. The van der Waals surface area contributed by atoms with Crippen molar-refractivity contribution in [2.24, 2.45) is 0 Å². The van der Waals surface area contributed by atoms with Crippen molar-refractivity contribution in [3.63, 3.8) is 0 Å². The van der Waals surface area contributed by atoms with Crippen LogP contribution in [-0.4, -0.2) is 38.4 Å². The van der Waals surface area contributed by atoms with Crippen LogP contribution in [-0.2, 0) is 0 Å². The predicted molar refractivity (Wildman–Crippen MR) is 94.8 cm³/mol. The third kappa shape index (κ3) is 3.33. The van der Waals surface area contributed by atoms with Gasteiger partial charge < -0.3 is 5.32 Å². The number of nitrogens with zero attached hydrogens (tertiary/aromatic N) is 4. The van der Waals surface area contributed by atoms with Gasteiger partial charge in [0.2, 0.25) is 5.82 Å². The van der Waals surface area contributed by atoms with E-state index >= 15 is 0 Å². The lowest BCUT2D eigenvalue weighted by molar-refractivity contribution is 0.299. The van der Waals surface area contributed by atoms with Crippen LogP contribution in [0.3, 0.4) is 0 Å². The van der Waals surface area contributed by atoms with Crippen molar-refractivity contribution in [1.29, 1.82) is 0 Å². The number of hydrogen-bond acceptors (Lipinski definition) is 8. The van der Waals surface area contributed by atoms with E-state index in [2.05, 4.69) is 36.7 Å². The quantitative estimate of drug-likeness (QED) is 0.659. The fraction of sp³-hybridized carbons (Fsp3) is 0.333. The van der Waals surface area contributed by atoms with Crippen LogP contribution in [0, 0.1) is 5.82 Å². The molecule has 1 atom stereocenters. The molecule has 1 fully saturated rings. The molecule has 0 unspecified atom stereocenters. The van der Waals surface area contributed by atoms with Gasteiger partial charge in [-0.15, -0.1) is 0 Å². The van der Waals surface area contributed by atoms with Crippen molar-refractivity contribution in [1.82, 2.24) is 25.4 Å². The van der Waals surface area contributed by atoms with Gasteiger partial charge in [-0.25, -0.2) is 18.4 Å². The highest BCUT2D eigenvalue weighted by Gasteiger charge is 2.26. The average Bonchev–Trinajstić information content (AvgIpc) is 3.24. The monoisotopic (exact) mass is 441 g/mol. The zero-order valence-corrected chi connectivity index (χ0v) is 15.7. The minimum atomic E-state index is -0.711. The van der Waals surface area contributed by atoms with Gasteiger partial charge in [0.05, 0.1) is 10.2 Å². The van der Waals surface area contributed by atoms with Crippen molar-refractivity contribution in [3.8, 4) is 17.2 Å². The fourth-order valence-corrected chi connectivity index (χ4v) is 4.21. The van der Waals surface area contributed by atoms with Gasteiger partial charge in [-0.1, -0.05) is 16.9 Å². The minimum absolute atomic E-state index is 0.154. The van der Waals surface area contributed by atoms with Crippen LogP contribution < -0.4 is 11.1 Å². The largest absolute Gasteiger partial charge is 0.446 e. The summed E-state index contributed by atoms with van der Waals surface area (Å²) in [5.41, 5.74) is 0.699. The summed E-state index contributed by atoms with van der Waals surface area (Å²) < 4.78 is 24.6. The third-order valence-corrected chi connectivity index (χ3v) is 5.80. The van der Waals surface area contributed by atoms with E-state index in [0.717, 1.165) is 25.9 Å². The van der Waals surface area contributed by atoms with Gasteiger partial charge in [-0.3, -0.25) is 4.52 Å². The Labute approximate surface area is 159 Å². The number of thioether (sulfide) groups is 1. The Balaban J connectivity index is 1.72. The molecule has 11 heteroatoms. The van der Waals surface area contributed by atoms with Crippen molar-refractivity contribution in [3.05, 3.63) is 39.0 Å². The zero-order chi connectivity index (χ0) is 18.1. The molecule has 0 saturated carbocycles. The predicted octanol–water partition coefficient (Wildman–Crippen LogP) is 2.62. The zero-order valence-electron chi connectivity index (χ0n) is 13.3.